The number of ether oxygens (including phenoxy) is 1. The summed E-state index contributed by atoms with van der Waals surface area (Å²) in [5, 5.41) is 0.522. The zero-order chi connectivity index (χ0) is 14.9. The van der Waals surface area contributed by atoms with E-state index in [0.29, 0.717) is 0 Å². The molecule has 0 atom stereocenters. The first-order valence-corrected chi connectivity index (χ1v) is 8.01. The lowest BCUT2D eigenvalue weighted by molar-refractivity contribution is 0.449. The van der Waals surface area contributed by atoms with Crippen molar-refractivity contribution in [3.63, 3.8) is 0 Å². The van der Waals surface area contributed by atoms with Crippen molar-refractivity contribution < 1.29 is 13.2 Å². The Kier molecular flexibility index (Phi) is 4.08. The van der Waals surface area contributed by atoms with E-state index >= 15 is 0 Å². The summed E-state index contributed by atoms with van der Waals surface area (Å²) in [5.74, 6) is 0.114. The Balaban J connectivity index is 2.49. The van der Waals surface area contributed by atoms with Gasteiger partial charge < -0.3 is 10.5 Å². The predicted octanol–water partition coefficient (Wildman–Crippen LogP) is 3.17. The summed E-state index contributed by atoms with van der Waals surface area (Å²) in [6.45, 7) is 0. The van der Waals surface area contributed by atoms with Crippen LogP contribution in [0.25, 0.3) is 0 Å². The van der Waals surface area contributed by atoms with Crippen molar-refractivity contribution in [3.05, 3.63) is 40.5 Å². The number of benzene rings is 1. The van der Waals surface area contributed by atoms with E-state index < -0.39 is 9.84 Å². The number of pyridine rings is 1. The summed E-state index contributed by atoms with van der Waals surface area (Å²) in [4.78, 5) is 3.86. The molecule has 5 nitrogen and oxygen atoms in total. The van der Waals surface area contributed by atoms with Crippen molar-refractivity contribution in [2.24, 2.45) is 0 Å². The number of rotatable bonds is 3. The van der Waals surface area contributed by atoms with Crippen molar-refractivity contribution in [2.45, 2.75) is 4.90 Å². The van der Waals surface area contributed by atoms with Gasteiger partial charge in [0.2, 0.25) is 5.88 Å². The Morgan fingerprint density at radius 1 is 1.25 bits per heavy atom. The van der Waals surface area contributed by atoms with E-state index in [1.54, 1.807) is 0 Å². The number of nitrogens with zero attached hydrogens (tertiary/aromatic N) is 1. The van der Waals surface area contributed by atoms with Gasteiger partial charge in [0.05, 0.1) is 15.7 Å². The highest BCUT2D eigenvalue weighted by atomic mass is 35.5. The largest absolute Gasteiger partial charge is 0.435 e. The third kappa shape index (κ3) is 3.15. The minimum absolute atomic E-state index is 0.0366. The summed E-state index contributed by atoms with van der Waals surface area (Å²) in [7, 11) is -3.47. The molecule has 1 aromatic carbocycles. The quantitative estimate of drug-likeness (QED) is 0.873. The zero-order valence-corrected chi connectivity index (χ0v) is 12.6. The summed E-state index contributed by atoms with van der Waals surface area (Å²) < 4.78 is 28.7. The Morgan fingerprint density at radius 2 is 1.90 bits per heavy atom. The van der Waals surface area contributed by atoms with Crippen LogP contribution in [-0.4, -0.2) is 19.7 Å². The maximum Gasteiger partial charge on any atom is 0.238 e. The van der Waals surface area contributed by atoms with Crippen LogP contribution in [0.5, 0.6) is 11.6 Å². The molecule has 0 radical (unpaired) electrons. The minimum Gasteiger partial charge on any atom is -0.435 e. The van der Waals surface area contributed by atoms with E-state index in [0.717, 1.165) is 6.26 Å². The number of nitrogen functional groups attached to an aromatic ring is 1. The lowest BCUT2D eigenvalue weighted by Crippen LogP contribution is -2.02. The zero-order valence-electron chi connectivity index (χ0n) is 10.3. The fourth-order valence-electron chi connectivity index (χ4n) is 1.47. The van der Waals surface area contributed by atoms with Crippen LogP contribution in [-0.2, 0) is 9.84 Å². The smallest absolute Gasteiger partial charge is 0.238 e. The fourth-order valence-corrected chi connectivity index (χ4v) is 2.53. The summed E-state index contributed by atoms with van der Waals surface area (Å²) in [5.41, 5.74) is 5.98. The van der Waals surface area contributed by atoms with Crippen molar-refractivity contribution in [2.75, 3.05) is 12.0 Å². The Morgan fingerprint density at radius 3 is 2.55 bits per heavy atom. The average molecular weight is 333 g/mol. The maximum absolute atomic E-state index is 11.7. The molecular formula is C12H10Cl2N2O3S. The molecule has 0 bridgehead atoms. The first-order chi connectivity index (χ1) is 9.29. The van der Waals surface area contributed by atoms with Crippen LogP contribution in [0.1, 0.15) is 0 Å². The van der Waals surface area contributed by atoms with Crippen LogP contribution in [0, 0.1) is 0 Å². The number of anilines is 1. The van der Waals surface area contributed by atoms with Gasteiger partial charge in [0.1, 0.15) is 4.90 Å². The van der Waals surface area contributed by atoms with Crippen LogP contribution < -0.4 is 10.5 Å². The van der Waals surface area contributed by atoms with Crippen molar-refractivity contribution in [1.82, 2.24) is 4.98 Å². The molecule has 20 heavy (non-hydrogen) atoms. The molecule has 0 spiro atoms. The number of halogens is 2. The van der Waals surface area contributed by atoms with Crippen LogP contribution >= 0.6 is 23.2 Å². The molecule has 0 fully saturated rings. The first-order valence-electron chi connectivity index (χ1n) is 5.36. The minimum atomic E-state index is -3.47. The second kappa shape index (κ2) is 5.47. The molecule has 0 saturated heterocycles. The molecule has 2 N–H and O–H groups in total. The van der Waals surface area contributed by atoms with Gasteiger partial charge in [-0.05, 0) is 18.2 Å². The fraction of sp³-hybridized carbons (Fsp3) is 0.0833. The molecule has 1 heterocycles. The number of hydrogen-bond donors (Lipinski definition) is 1. The van der Waals surface area contributed by atoms with Crippen LogP contribution in [0.3, 0.4) is 0 Å². The number of nitrogens with two attached hydrogens (primary N) is 1. The normalized spacial score (nSPS) is 11.3. The molecule has 0 unspecified atom stereocenters. The number of hydrogen-bond acceptors (Lipinski definition) is 5. The third-order valence-corrected chi connectivity index (χ3v) is 4.23. The Bertz CT molecular complexity index is 763. The lowest BCUT2D eigenvalue weighted by atomic mass is 10.3. The molecule has 0 saturated carbocycles. The van der Waals surface area contributed by atoms with Gasteiger partial charge in [-0.2, -0.15) is 0 Å². The van der Waals surface area contributed by atoms with Gasteiger partial charge in [0, 0.05) is 18.5 Å². The SMILES string of the molecule is CS(=O)(=O)c1cccnc1Oc1cc(Cl)c(Cl)cc1N. The van der Waals surface area contributed by atoms with Gasteiger partial charge in [0.25, 0.3) is 0 Å². The molecule has 2 aromatic rings. The van der Waals surface area contributed by atoms with Crippen molar-refractivity contribution in [1.29, 1.82) is 0 Å². The molecule has 1 aromatic heterocycles. The van der Waals surface area contributed by atoms with E-state index in [1.165, 1.54) is 30.5 Å². The van der Waals surface area contributed by atoms with E-state index in [4.69, 9.17) is 33.7 Å². The lowest BCUT2D eigenvalue weighted by Gasteiger charge is -2.11. The molecule has 106 valence electrons. The van der Waals surface area contributed by atoms with Gasteiger partial charge >= 0.3 is 0 Å². The van der Waals surface area contributed by atoms with E-state index in [-0.39, 0.29) is 32.3 Å². The predicted molar refractivity (Wildman–Crippen MR) is 78.3 cm³/mol. The first kappa shape index (κ1) is 14.9. The highest BCUT2D eigenvalue weighted by Crippen LogP contribution is 2.36. The summed E-state index contributed by atoms with van der Waals surface area (Å²) >= 11 is 11.7. The highest BCUT2D eigenvalue weighted by molar-refractivity contribution is 7.90. The molecule has 0 aliphatic rings. The Labute approximate surface area is 126 Å². The van der Waals surface area contributed by atoms with Crippen molar-refractivity contribution >= 4 is 38.7 Å². The molecule has 2 rings (SSSR count). The average Bonchev–Trinajstić information content (AvgIpc) is 2.35. The number of sulfone groups is 1. The van der Waals surface area contributed by atoms with Crippen LogP contribution in [0.2, 0.25) is 10.0 Å². The van der Waals surface area contributed by atoms with Crippen LogP contribution in [0.15, 0.2) is 35.4 Å². The van der Waals surface area contributed by atoms with E-state index in [9.17, 15) is 8.42 Å². The molecular weight excluding hydrogens is 323 g/mol. The van der Waals surface area contributed by atoms with E-state index in [2.05, 4.69) is 4.98 Å². The van der Waals surface area contributed by atoms with E-state index in [1.807, 2.05) is 0 Å². The van der Waals surface area contributed by atoms with Gasteiger partial charge in [-0.25, -0.2) is 13.4 Å². The second-order valence-electron chi connectivity index (χ2n) is 3.99. The molecule has 0 amide bonds. The van der Waals surface area contributed by atoms with Gasteiger partial charge in [0.15, 0.2) is 15.6 Å². The van der Waals surface area contributed by atoms with Crippen LogP contribution in [0.4, 0.5) is 5.69 Å². The Hall–Kier alpha value is -1.50. The molecule has 0 aliphatic carbocycles. The molecule has 8 heteroatoms. The molecule has 0 aliphatic heterocycles. The third-order valence-electron chi connectivity index (χ3n) is 2.40. The van der Waals surface area contributed by atoms with Gasteiger partial charge in [-0.3, -0.25) is 0 Å². The maximum atomic E-state index is 11.7. The highest BCUT2D eigenvalue weighted by Gasteiger charge is 2.17. The summed E-state index contributed by atoms with van der Waals surface area (Å²) in [6, 6.07) is 5.72. The van der Waals surface area contributed by atoms with Crippen molar-refractivity contribution in [3.8, 4) is 11.6 Å². The summed E-state index contributed by atoms with van der Waals surface area (Å²) in [6.07, 6.45) is 2.48. The van der Waals surface area contributed by atoms with Gasteiger partial charge in [-0.15, -0.1) is 0 Å². The topological polar surface area (TPSA) is 82.3 Å². The monoisotopic (exact) mass is 332 g/mol. The standard InChI is InChI=1S/C12H10Cl2N2O3S/c1-20(17,18)11-3-2-4-16-12(11)19-10-6-8(14)7(13)5-9(10)15/h2-6H,15H2,1H3. The number of aromatic nitrogens is 1. The van der Waals surface area contributed by atoms with Gasteiger partial charge in [-0.1, -0.05) is 23.2 Å². The second-order valence-corrected chi connectivity index (χ2v) is 6.78.